The summed E-state index contributed by atoms with van der Waals surface area (Å²) in [6.45, 7) is 1.68. The molecule has 2 heterocycles. The zero-order valence-electron chi connectivity index (χ0n) is 18.3. The van der Waals surface area contributed by atoms with Crippen LogP contribution in [0.25, 0.3) is 11.1 Å². The minimum absolute atomic E-state index is 0.186. The van der Waals surface area contributed by atoms with Crippen molar-refractivity contribution in [2.75, 3.05) is 13.7 Å². The molecule has 0 fully saturated rings. The summed E-state index contributed by atoms with van der Waals surface area (Å²) >= 11 is 0. The monoisotopic (exact) mass is 443 g/mol. The molecule has 1 amide bonds. The van der Waals surface area contributed by atoms with Crippen molar-refractivity contribution < 1.29 is 9.53 Å². The van der Waals surface area contributed by atoms with Gasteiger partial charge in [-0.2, -0.15) is 10.2 Å². The summed E-state index contributed by atoms with van der Waals surface area (Å²) < 4.78 is 8.10. The van der Waals surface area contributed by atoms with E-state index < -0.39 is 0 Å². The Balaban J connectivity index is 1.46. The summed E-state index contributed by atoms with van der Waals surface area (Å²) in [6, 6.07) is 20.9. The first-order chi connectivity index (χ1) is 16.1. The number of nitrogens with one attached hydrogen (secondary N) is 1. The predicted molar refractivity (Wildman–Crippen MR) is 125 cm³/mol. The highest BCUT2D eigenvalue weighted by atomic mass is 16.5. The van der Waals surface area contributed by atoms with Gasteiger partial charge >= 0.3 is 0 Å². The van der Waals surface area contributed by atoms with Crippen molar-refractivity contribution in [2.45, 2.75) is 19.6 Å². The molecule has 8 heteroatoms. The van der Waals surface area contributed by atoms with E-state index in [2.05, 4.69) is 39.8 Å². The van der Waals surface area contributed by atoms with Crippen LogP contribution in [0.1, 0.15) is 21.6 Å². The zero-order valence-corrected chi connectivity index (χ0v) is 18.3. The minimum Gasteiger partial charge on any atom is -0.383 e. The SMILES string of the molecule is COCCn1nc(C(=O)NCc2ccccc2-c2ccc(Cn3cccn3)cc2)ccc1=O. The highest BCUT2D eigenvalue weighted by Crippen LogP contribution is 2.24. The van der Waals surface area contributed by atoms with Gasteiger partial charge < -0.3 is 10.1 Å². The maximum absolute atomic E-state index is 12.7. The predicted octanol–water partition coefficient (Wildman–Crippen LogP) is 2.73. The van der Waals surface area contributed by atoms with Crippen molar-refractivity contribution in [1.29, 1.82) is 0 Å². The Labute approximate surface area is 191 Å². The maximum Gasteiger partial charge on any atom is 0.271 e. The van der Waals surface area contributed by atoms with Gasteiger partial charge in [-0.15, -0.1) is 0 Å². The number of aromatic nitrogens is 4. The van der Waals surface area contributed by atoms with E-state index in [0.717, 1.165) is 22.3 Å². The minimum atomic E-state index is -0.342. The summed E-state index contributed by atoms with van der Waals surface area (Å²) in [4.78, 5) is 24.6. The van der Waals surface area contributed by atoms with Gasteiger partial charge in [0.2, 0.25) is 0 Å². The first kappa shape index (κ1) is 22.2. The van der Waals surface area contributed by atoms with Crippen molar-refractivity contribution in [3.8, 4) is 11.1 Å². The van der Waals surface area contributed by atoms with Gasteiger partial charge in [0.25, 0.3) is 11.5 Å². The first-order valence-electron chi connectivity index (χ1n) is 10.6. The summed E-state index contributed by atoms with van der Waals surface area (Å²) in [5, 5.41) is 11.3. The normalized spacial score (nSPS) is 10.8. The number of hydrogen-bond donors (Lipinski definition) is 1. The van der Waals surface area contributed by atoms with Crippen molar-refractivity contribution in [3.63, 3.8) is 0 Å². The molecule has 4 aromatic rings. The highest BCUT2D eigenvalue weighted by molar-refractivity contribution is 5.92. The van der Waals surface area contributed by atoms with Crippen LogP contribution in [0.4, 0.5) is 0 Å². The van der Waals surface area contributed by atoms with Gasteiger partial charge in [0.15, 0.2) is 0 Å². The molecule has 0 aliphatic rings. The van der Waals surface area contributed by atoms with E-state index in [-0.39, 0.29) is 23.7 Å². The van der Waals surface area contributed by atoms with Crippen LogP contribution >= 0.6 is 0 Å². The van der Waals surface area contributed by atoms with Gasteiger partial charge in [-0.05, 0) is 34.4 Å². The van der Waals surface area contributed by atoms with Gasteiger partial charge in [-0.1, -0.05) is 48.5 Å². The van der Waals surface area contributed by atoms with Crippen LogP contribution < -0.4 is 10.9 Å². The summed E-state index contributed by atoms with van der Waals surface area (Å²) in [5.41, 5.74) is 4.16. The second-order valence-electron chi connectivity index (χ2n) is 7.51. The molecule has 0 aliphatic carbocycles. The fourth-order valence-corrected chi connectivity index (χ4v) is 3.50. The van der Waals surface area contributed by atoms with E-state index in [1.54, 1.807) is 13.3 Å². The number of benzene rings is 2. The number of ether oxygens (including phenoxy) is 1. The van der Waals surface area contributed by atoms with Crippen LogP contribution in [0.2, 0.25) is 0 Å². The number of carbonyl (C=O) groups is 1. The molecular formula is C25H25N5O3. The standard InChI is InChI=1S/C25H25N5O3/c1-33-16-15-30-24(31)12-11-23(28-30)25(32)26-17-21-5-2-3-6-22(21)20-9-7-19(8-10-20)18-29-14-4-13-27-29/h2-14H,15-18H2,1H3,(H,26,32). The Bertz CT molecular complexity index is 1260. The molecule has 0 atom stereocenters. The lowest BCUT2D eigenvalue weighted by Gasteiger charge is -2.12. The van der Waals surface area contributed by atoms with E-state index >= 15 is 0 Å². The fraction of sp³-hybridized carbons (Fsp3) is 0.200. The van der Waals surface area contributed by atoms with Crippen molar-refractivity contribution >= 4 is 5.91 Å². The molecule has 4 rings (SSSR count). The summed E-state index contributed by atoms with van der Waals surface area (Å²) in [5.74, 6) is -0.342. The van der Waals surface area contributed by atoms with E-state index in [4.69, 9.17) is 4.74 Å². The number of amides is 1. The van der Waals surface area contributed by atoms with Crippen LogP contribution in [0.15, 0.2) is 83.9 Å². The van der Waals surface area contributed by atoms with E-state index in [1.165, 1.54) is 16.8 Å². The van der Waals surface area contributed by atoms with Gasteiger partial charge in [0.05, 0.1) is 19.7 Å². The lowest BCUT2D eigenvalue weighted by atomic mass is 9.98. The zero-order chi connectivity index (χ0) is 23.0. The number of nitrogens with zero attached hydrogens (tertiary/aromatic N) is 4. The van der Waals surface area contributed by atoms with Gasteiger partial charge in [0, 0.05) is 32.1 Å². The average molecular weight is 444 g/mol. The van der Waals surface area contributed by atoms with Gasteiger partial charge in [-0.3, -0.25) is 14.3 Å². The Morgan fingerprint density at radius 3 is 2.61 bits per heavy atom. The Kier molecular flexibility index (Phi) is 7.06. The third-order valence-corrected chi connectivity index (χ3v) is 5.23. The number of carbonyl (C=O) groups excluding carboxylic acids is 1. The molecule has 33 heavy (non-hydrogen) atoms. The molecule has 168 valence electrons. The van der Waals surface area contributed by atoms with Crippen LogP contribution in [0.5, 0.6) is 0 Å². The molecule has 0 aliphatic heterocycles. The third kappa shape index (κ3) is 5.61. The molecule has 0 radical (unpaired) electrons. The quantitative estimate of drug-likeness (QED) is 0.430. The first-order valence-corrected chi connectivity index (χ1v) is 10.6. The summed E-state index contributed by atoms with van der Waals surface area (Å²) in [6.07, 6.45) is 3.70. The van der Waals surface area contributed by atoms with Crippen LogP contribution in [0.3, 0.4) is 0 Å². The third-order valence-electron chi connectivity index (χ3n) is 5.23. The van der Waals surface area contributed by atoms with Gasteiger partial charge in [0.1, 0.15) is 5.69 Å². The Morgan fingerprint density at radius 1 is 1.03 bits per heavy atom. The maximum atomic E-state index is 12.7. The fourth-order valence-electron chi connectivity index (χ4n) is 3.50. The molecule has 1 N–H and O–H groups in total. The van der Waals surface area contributed by atoms with Crippen molar-refractivity contribution in [2.24, 2.45) is 0 Å². The second-order valence-corrected chi connectivity index (χ2v) is 7.51. The smallest absolute Gasteiger partial charge is 0.271 e. The highest BCUT2D eigenvalue weighted by Gasteiger charge is 2.11. The summed E-state index contributed by atoms with van der Waals surface area (Å²) in [7, 11) is 1.55. The number of methoxy groups -OCH3 is 1. The molecular weight excluding hydrogens is 418 g/mol. The number of rotatable bonds is 9. The van der Waals surface area contributed by atoms with Crippen LogP contribution in [0, 0.1) is 0 Å². The molecule has 0 saturated carbocycles. The second kappa shape index (κ2) is 10.5. The topological polar surface area (TPSA) is 91.0 Å². The molecule has 0 unspecified atom stereocenters. The van der Waals surface area contributed by atoms with Crippen molar-refractivity contribution in [1.82, 2.24) is 24.9 Å². The Hall–Kier alpha value is -4.04. The van der Waals surface area contributed by atoms with E-state index in [1.807, 2.05) is 41.2 Å². The average Bonchev–Trinajstić information content (AvgIpc) is 3.36. The van der Waals surface area contributed by atoms with Crippen LogP contribution in [-0.4, -0.2) is 39.2 Å². The lowest BCUT2D eigenvalue weighted by molar-refractivity contribution is 0.0942. The van der Waals surface area contributed by atoms with Crippen molar-refractivity contribution in [3.05, 3.63) is 106 Å². The van der Waals surface area contributed by atoms with E-state index in [9.17, 15) is 9.59 Å². The molecule has 0 bridgehead atoms. The molecule has 0 saturated heterocycles. The lowest BCUT2D eigenvalue weighted by Crippen LogP contribution is -2.30. The Morgan fingerprint density at radius 2 is 1.85 bits per heavy atom. The largest absolute Gasteiger partial charge is 0.383 e. The molecule has 0 spiro atoms. The number of hydrogen-bond acceptors (Lipinski definition) is 5. The van der Waals surface area contributed by atoms with Gasteiger partial charge in [-0.25, -0.2) is 4.68 Å². The molecule has 2 aromatic carbocycles. The molecule has 2 aromatic heterocycles. The van der Waals surface area contributed by atoms with Crippen LogP contribution in [-0.2, 0) is 24.4 Å². The molecule has 8 nitrogen and oxygen atoms in total. The van der Waals surface area contributed by atoms with E-state index in [0.29, 0.717) is 19.7 Å².